The number of nitrogens with zero attached hydrogens (tertiary/aromatic N) is 1. The van der Waals surface area contributed by atoms with E-state index in [4.69, 9.17) is 28.4 Å². The smallest absolute Gasteiger partial charge is 0.303 e. The van der Waals surface area contributed by atoms with Crippen LogP contribution >= 0.6 is 0 Å². The first-order valence-electron chi connectivity index (χ1n) is 13.7. The van der Waals surface area contributed by atoms with Gasteiger partial charge in [-0.15, -0.1) is 0 Å². The molecule has 7 rings (SSSR count). The fourth-order valence-electron chi connectivity index (χ4n) is 11.7. The van der Waals surface area contributed by atoms with Crippen LogP contribution in [0, 0.1) is 28.6 Å². The topological polar surface area (TPSA) is 95.9 Å². The maximum atomic E-state index is 13.4. The molecule has 5 saturated carbocycles. The van der Waals surface area contributed by atoms with Crippen LogP contribution < -0.4 is 0 Å². The summed E-state index contributed by atoms with van der Waals surface area (Å²) < 4.78 is 38.7. The second-order valence-corrected chi connectivity index (χ2v) is 12.9. The van der Waals surface area contributed by atoms with Crippen molar-refractivity contribution in [2.24, 2.45) is 28.6 Å². The van der Waals surface area contributed by atoms with Crippen molar-refractivity contribution in [3.63, 3.8) is 0 Å². The number of piperidine rings is 1. The van der Waals surface area contributed by atoms with E-state index in [2.05, 4.69) is 18.7 Å². The number of hydrogen-bond donors (Lipinski definition) is 1. The number of likely N-dealkylation sites (tertiary alicyclic amines) is 1. The quantitative estimate of drug-likeness (QED) is 0.553. The van der Waals surface area contributed by atoms with Gasteiger partial charge in [-0.3, -0.25) is 9.69 Å². The zero-order valence-electron chi connectivity index (χ0n) is 22.3. The zero-order valence-corrected chi connectivity index (χ0v) is 22.3. The van der Waals surface area contributed by atoms with Crippen molar-refractivity contribution in [2.45, 2.75) is 93.7 Å². The number of carbonyl (C=O) groups excluding carboxylic acids is 1. The van der Waals surface area contributed by atoms with Gasteiger partial charge < -0.3 is 33.5 Å². The summed E-state index contributed by atoms with van der Waals surface area (Å²) >= 11 is 0. The minimum atomic E-state index is -1.16. The molecule has 1 N–H and O–H groups in total. The van der Waals surface area contributed by atoms with Crippen molar-refractivity contribution in [2.75, 3.05) is 41.2 Å². The Kier molecular flexibility index (Phi) is 4.87. The van der Waals surface area contributed by atoms with E-state index < -0.39 is 28.3 Å². The molecule has 2 aliphatic heterocycles. The number of ether oxygens (including phenoxy) is 6. The van der Waals surface area contributed by atoms with Crippen molar-refractivity contribution in [1.29, 1.82) is 0 Å². The normalized spacial score (nSPS) is 60.2. The summed E-state index contributed by atoms with van der Waals surface area (Å²) in [5, 5.41) is 13.4. The predicted octanol–water partition coefficient (Wildman–Crippen LogP) is 1.35. The fraction of sp³-hybridized carbons (Fsp3) is 0.963. The highest BCUT2D eigenvalue weighted by molar-refractivity contribution is 5.67. The Morgan fingerprint density at radius 2 is 1.89 bits per heavy atom. The van der Waals surface area contributed by atoms with Crippen LogP contribution in [0.4, 0.5) is 0 Å². The van der Waals surface area contributed by atoms with Gasteiger partial charge in [0.05, 0.1) is 35.4 Å². The van der Waals surface area contributed by atoms with Gasteiger partial charge in [0.15, 0.2) is 5.60 Å². The van der Waals surface area contributed by atoms with Gasteiger partial charge in [0.25, 0.3) is 0 Å². The summed E-state index contributed by atoms with van der Waals surface area (Å²) in [5.41, 5.74) is -3.94. The lowest BCUT2D eigenvalue weighted by Gasteiger charge is -2.71. The highest BCUT2D eigenvalue weighted by atomic mass is 16.7. The molecule has 0 aromatic heterocycles. The Labute approximate surface area is 213 Å². The Morgan fingerprint density at radius 3 is 2.53 bits per heavy atom. The molecular formula is C27H41NO8. The molecular weight excluding hydrogens is 466 g/mol. The highest BCUT2D eigenvalue weighted by Gasteiger charge is 2.97. The number of esters is 1. The number of rotatable bonds is 5. The third-order valence-electron chi connectivity index (χ3n) is 12.2. The molecule has 9 nitrogen and oxygen atoms in total. The van der Waals surface area contributed by atoms with Crippen molar-refractivity contribution in [3.8, 4) is 0 Å². The second kappa shape index (κ2) is 7.23. The minimum absolute atomic E-state index is 0.0317. The number of hydrogen-bond acceptors (Lipinski definition) is 9. The predicted molar refractivity (Wildman–Crippen MR) is 126 cm³/mol. The molecule has 2 heterocycles. The van der Waals surface area contributed by atoms with Crippen molar-refractivity contribution in [1.82, 2.24) is 4.90 Å². The summed E-state index contributed by atoms with van der Waals surface area (Å²) in [7, 11) is 5.23. The molecule has 7 fully saturated rings. The summed E-state index contributed by atoms with van der Waals surface area (Å²) in [6.45, 7) is 7.72. The second-order valence-electron chi connectivity index (χ2n) is 12.9. The van der Waals surface area contributed by atoms with Crippen LogP contribution in [0.5, 0.6) is 0 Å². The van der Waals surface area contributed by atoms with Crippen molar-refractivity contribution < 1.29 is 38.3 Å². The lowest BCUT2D eigenvalue weighted by molar-refractivity contribution is -0.332. The SMILES string of the molecule is CCN1C[C@]2(C)CC[C@H](OC)[C@]34[C@H]1[C@]1(OCO[C@@]15C[C@H](OC)[C@H]1C[C@]3(O)[C@@H]5[C@H]1OC)[C@@H](OC(C)=O)[C@@H]24. The Hall–Kier alpha value is -0.810. The van der Waals surface area contributed by atoms with Gasteiger partial charge in [0, 0.05) is 59.0 Å². The monoisotopic (exact) mass is 507 g/mol. The van der Waals surface area contributed by atoms with Gasteiger partial charge in [0.2, 0.25) is 0 Å². The van der Waals surface area contributed by atoms with Gasteiger partial charge in [-0.05, 0) is 31.2 Å². The molecule has 0 aromatic rings. The van der Waals surface area contributed by atoms with Crippen LogP contribution in [0.3, 0.4) is 0 Å². The molecule has 5 aliphatic carbocycles. The first-order chi connectivity index (χ1) is 17.2. The summed E-state index contributed by atoms with van der Waals surface area (Å²) in [6.07, 6.45) is 1.69. The molecule has 0 unspecified atom stereocenters. The Balaban J connectivity index is 1.61. The van der Waals surface area contributed by atoms with Crippen LogP contribution in [0.15, 0.2) is 0 Å². The molecule has 2 saturated heterocycles. The average Bonchev–Trinajstić information content (AvgIpc) is 3.40. The van der Waals surface area contributed by atoms with Crippen LogP contribution in [0.2, 0.25) is 0 Å². The first kappa shape index (κ1) is 24.2. The van der Waals surface area contributed by atoms with E-state index in [1.54, 1.807) is 21.3 Å². The molecule has 7 aliphatic rings. The fourth-order valence-corrected chi connectivity index (χ4v) is 11.7. The summed E-state index contributed by atoms with van der Waals surface area (Å²) in [4.78, 5) is 15.3. The Bertz CT molecular complexity index is 979. The molecule has 0 radical (unpaired) electrons. The largest absolute Gasteiger partial charge is 0.459 e. The maximum Gasteiger partial charge on any atom is 0.303 e. The molecule has 9 heteroatoms. The van der Waals surface area contributed by atoms with Crippen LogP contribution in [0.1, 0.15) is 46.5 Å². The number of likely N-dealkylation sites (N-methyl/N-ethyl adjacent to an activating group) is 1. The number of methoxy groups -OCH3 is 3. The maximum absolute atomic E-state index is 13.4. The number of aliphatic hydroxyl groups is 1. The number of carbonyl (C=O) groups is 1. The van der Waals surface area contributed by atoms with Gasteiger partial charge in [0.1, 0.15) is 18.5 Å². The lowest BCUT2D eigenvalue weighted by atomic mass is 9.41. The zero-order chi connectivity index (χ0) is 25.5. The van der Waals surface area contributed by atoms with Crippen molar-refractivity contribution in [3.05, 3.63) is 0 Å². The summed E-state index contributed by atoms with van der Waals surface area (Å²) in [5.74, 6) is -0.771. The van der Waals surface area contributed by atoms with Gasteiger partial charge in [-0.2, -0.15) is 0 Å². The number of fused-ring (bicyclic) bond motifs is 1. The molecule has 13 atom stereocenters. The lowest BCUT2D eigenvalue weighted by Crippen LogP contribution is -2.85. The molecule has 3 spiro atoms. The highest BCUT2D eigenvalue weighted by Crippen LogP contribution is 2.83. The molecule has 0 amide bonds. The average molecular weight is 508 g/mol. The molecule has 202 valence electrons. The van der Waals surface area contributed by atoms with Gasteiger partial charge in [-0.1, -0.05) is 13.8 Å². The molecule has 0 aromatic carbocycles. The van der Waals surface area contributed by atoms with E-state index in [-0.39, 0.29) is 60.3 Å². The van der Waals surface area contributed by atoms with Crippen LogP contribution in [0.25, 0.3) is 0 Å². The van der Waals surface area contributed by atoms with E-state index in [0.29, 0.717) is 12.8 Å². The van der Waals surface area contributed by atoms with Crippen LogP contribution in [-0.4, -0.2) is 104 Å². The van der Waals surface area contributed by atoms with E-state index in [9.17, 15) is 9.90 Å². The molecule has 36 heavy (non-hydrogen) atoms. The van der Waals surface area contributed by atoms with E-state index in [0.717, 1.165) is 25.9 Å². The first-order valence-corrected chi connectivity index (χ1v) is 13.7. The Morgan fingerprint density at radius 1 is 1.11 bits per heavy atom. The van der Waals surface area contributed by atoms with Crippen molar-refractivity contribution >= 4 is 5.97 Å². The van der Waals surface area contributed by atoms with E-state index in [1.165, 1.54) is 6.92 Å². The third-order valence-corrected chi connectivity index (χ3v) is 12.2. The third kappa shape index (κ3) is 2.16. The minimum Gasteiger partial charge on any atom is -0.459 e. The van der Waals surface area contributed by atoms with Gasteiger partial charge >= 0.3 is 5.97 Å². The van der Waals surface area contributed by atoms with Crippen LogP contribution in [-0.2, 0) is 33.2 Å². The molecule has 7 bridgehead atoms. The standard InChI is InChI=1S/C27H41NO8/c1-7-28-12-23(3)9-8-17(32-5)26-20(23)21(36-14(2)29)27(22(26)28)25(34-13-35-27)11-16(31-4)15-10-24(26,30)19(25)18(15)33-6/h15-22,30H,7-13H2,1-6H3/t15-,16+,17+,18+,19+,20+,21+,22+,23+,24+,25-,26+,27-/m1/s1. The van der Waals surface area contributed by atoms with Gasteiger partial charge in [-0.25, -0.2) is 0 Å². The summed E-state index contributed by atoms with van der Waals surface area (Å²) in [6, 6.07) is -0.224. The van der Waals surface area contributed by atoms with E-state index >= 15 is 0 Å². The van der Waals surface area contributed by atoms with E-state index in [1.807, 2.05) is 0 Å².